The molecule has 49 heavy (non-hydrogen) atoms. The molecule has 260 valence electrons. The van der Waals surface area contributed by atoms with Gasteiger partial charge in [-0.25, -0.2) is 14.6 Å². The summed E-state index contributed by atoms with van der Waals surface area (Å²) >= 11 is 1.49. The van der Waals surface area contributed by atoms with Crippen LogP contribution in [0.1, 0.15) is 65.7 Å². The van der Waals surface area contributed by atoms with E-state index in [4.69, 9.17) is 19.2 Å². The van der Waals surface area contributed by atoms with Gasteiger partial charge in [0.2, 0.25) is 11.8 Å². The first-order valence-electron chi connectivity index (χ1n) is 16.8. The predicted octanol–water partition coefficient (Wildman–Crippen LogP) is 5.17. The van der Waals surface area contributed by atoms with E-state index < -0.39 is 53.2 Å². The Balaban J connectivity index is 1.32. The van der Waals surface area contributed by atoms with Crippen LogP contribution in [-0.4, -0.2) is 81.7 Å². The molecule has 3 aliphatic rings. The van der Waals surface area contributed by atoms with Gasteiger partial charge < -0.3 is 29.7 Å². The average Bonchev–Trinajstić information content (AvgIpc) is 3.36. The number of alkyl carbamates (subject to hydrolysis) is 1. The van der Waals surface area contributed by atoms with E-state index in [1.165, 1.54) is 23.3 Å². The smallest absolute Gasteiger partial charge is 0.408 e. The minimum absolute atomic E-state index is 0.0894. The quantitative estimate of drug-likeness (QED) is 0.273. The number of rotatable bonds is 5. The van der Waals surface area contributed by atoms with Gasteiger partial charge in [-0.05, 0) is 70.0 Å². The number of nitrogens with zero attached hydrogens (tertiary/aromatic N) is 3. The Morgan fingerprint density at radius 1 is 1.12 bits per heavy atom. The molecule has 1 aliphatic carbocycles. The predicted molar refractivity (Wildman–Crippen MR) is 184 cm³/mol. The number of carbonyl (C=O) groups is 4. The largest absolute Gasteiger partial charge is 0.487 e. The Kier molecular flexibility index (Phi) is 9.91. The van der Waals surface area contributed by atoms with Gasteiger partial charge in [-0.3, -0.25) is 14.6 Å². The molecule has 5 heterocycles. The summed E-state index contributed by atoms with van der Waals surface area (Å²) in [6.45, 7) is 5.36. The van der Waals surface area contributed by atoms with Crippen molar-refractivity contribution >= 4 is 45.4 Å². The molecule has 0 aromatic carbocycles. The molecule has 2 aliphatic heterocycles. The van der Waals surface area contributed by atoms with Gasteiger partial charge in [0.15, 0.2) is 0 Å². The van der Waals surface area contributed by atoms with E-state index in [1.807, 2.05) is 47.9 Å². The van der Waals surface area contributed by atoms with Gasteiger partial charge in [-0.1, -0.05) is 31.1 Å². The monoisotopic (exact) mass is 689 g/mol. The summed E-state index contributed by atoms with van der Waals surface area (Å²) in [5.74, 6) is -1.04. The van der Waals surface area contributed by atoms with Crippen molar-refractivity contribution in [3.8, 4) is 17.1 Å². The number of hydrogen-bond donors (Lipinski definition) is 2. The number of hydrogen-bond acceptors (Lipinski definition) is 10. The summed E-state index contributed by atoms with van der Waals surface area (Å²) in [5, 5.41) is 7.68. The molecule has 12 nitrogen and oxygen atoms in total. The molecular formula is C36H43N5O7S. The molecule has 2 fully saturated rings. The van der Waals surface area contributed by atoms with Crippen molar-refractivity contribution in [2.45, 2.75) is 95.0 Å². The molecule has 0 spiro atoms. The number of nitrogens with one attached hydrogen (secondary N) is 2. The molecule has 13 heteroatoms. The number of thiophene rings is 1. The molecule has 3 amide bonds. The number of aromatic nitrogens is 2. The minimum atomic E-state index is -1.20. The van der Waals surface area contributed by atoms with Crippen LogP contribution in [0.3, 0.4) is 0 Å². The Labute approximate surface area is 289 Å². The van der Waals surface area contributed by atoms with Crippen molar-refractivity contribution in [2.75, 3.05) is 13.7 Å². The molecule has 0 radical (unpaired) electrons. The Morgan fingerprint density at radius 2 is 1.96 bits per heavy atom. The van der Waals surface area contributed by atoms with E-state index in [0.29, 0.717) is 36.4 Å². The maximum atomic E-state index is 14.4. The highest BCUT2D eigenvalue weighted by Crippen LogP contribution is 2.46. The topological polar surface area (TPSA) is 149 Å². The van der Waals surface area contributed by atoms with Gasteiger partial charge in [0, 0.05) is 24.6 Å². The van der Waals surface area contributed by atoms with Crippen LogP contribution in [-0.2, 0) is 23.9 Å². The Morgan fingerprint density at radius 3 is 2.71 bits per heavy atom. The first kappa shape index (κ1) is 34.3. The fourth-order valence-corrected chi connectivity index (χ4v) is 7.40. The second kappa shape index (κ2) is 14.1. The summed E-state index contributed by atoms with van der Waals surface area (Å²) in [7, 11) is 1.30. The standard InChI is InChI=1S/C36H43N5O7S/c1-35(2,3)48-34(45)39-26-14-9-7-5-6-8-12-22-20-36(22,33(44)46-4)40-31(42)28-18-23(21-41(28)32(26)43)47-29-19-27(24-13-10-11-16-37-24)38-25-15-17-49-30(25)29/h8,10-13,15-17,19,22-23,26,28H,5-7,9,14,18,20-21H2,1-4H3,(H,39,45)(H,40,42)/b12-8-/t22-,23-,26+,28+,36-/m1/s1. The summed E-state index contributed by atoms with van der Waals surface area (Å²) in [4.78, 5) is 65.2. The van der Waals surface area contributed by atoms with E-state index in [1.54, 1.807) is 27.0 Å². The first-order chi connectivity index (χ1) is 23.5. The van der Waals surface area contributed by atoms with Gasteiger partial charge in [0.25, 0.3) is 0 Å². The van der Waals surface area contributed by atoms with Gasteiger partial charge in [0.1, 0.15) is 35.1 Å². The van der Waals surface area contributed by atoms with Crippen molar-refractivity contribution in [2.24, 2.45) is 5.92 Å². The molecule has 5 atom stereocenters. The molecule has 2 N–H and O–H groups in total. The minimum Gasteiger partial charge on any atom is -0.487 e. The highest BCUT2D eigenvalue weighted by molar-refractivity contribution is 7.17. The van der Waals surface area contributed by atoms with Crippen LogP contribution in [0.5, 0.6) is 5.75 Å². The van der Waals surface area contributed by atoms with Crippen molar-refractivity contribution in [3.63, 3.8) is 0 Å². The molecule has 3 aromatic heterocycles. The molecule has 1 saturated carbocycles. The zero-order chi connectivity index (χ0) is 34.8. The molecule has 1 saturated heterocycles. The van der Waals surface area contributed by atoms with Crippen molar-refractivity contribution in [1.82, 2.24) is 25.5 Å². The molecule has 3 aromatic rings. The van der Waals surface area contributed by atoms with Crippen LogP contribution in [0.15, 0.2) is 54.1 Å². The van der Waals surface area contributed by atoms with Gasteiger partial charge in [-0.15, -0.1) is 11.3 Å². The van der Waals surface area contributed by atoms with Crippen LogP contribution in [0.4, 0.5) is 4.79 Å². The van der Waals surface area contributed by atoms with Crippen LogP contribution in [0.2, 0.25) is 0 Å². The summed E-state index contributed by atoms with van der Waals surface area (Å²) in [6.07, 6.45) is 8.57. The fourth-order valence-electron chi connectivity index (χ4n) is 6.60. The number of fused-ring (bicyclic) bond motifs is 3. The third-order valence-electron chi connectivity index (χ3n) is 9.08. The summed E-state index contributed by atoms with van der Waals surface area (Å²) in [5.41, 5.74) is 0.113. The third-order valence-corrected chi connectivity index (χ3v) is 10.00. The molecular weight excluding hydrogens is 646 g/mol. The second-order valence-corrected chi connectivity index (χ2v) is 14.8. The van der Waals surface area contributed by atoms with Gasteiger partial charge in [-0.2, -0.15) is 0 Å². The van der Waals surface area contributed by atoms with Crippen molar-refractivity contribution < 1.29 is 33.4 Å². The van der Waals surface area contributed by atoms with E-state index >= 15 is 0 Å². The third kappa shape index (κ3) is 7.71. The number of pyridine rings is 2. The highest BCUT2D eigenvalue weighted by Gasteiger charge is 2.62. The normalized spacial score (nSPS) is 26.7. The second-order valence-electron chi connectivity index (χ2n) is 13.9. The fraction of sp³-hybridized carbons (Fsp3) is 0.500. The Hall–Kier alpha value is -4.52. The summed E-state index contributed by atoms with van der Waals surface area (Å²) < 4.78 is 18.1. The Bertz CT molecular complexity index is 1740. The van der Waals surface area contributed by atoms with Crippen LogP contribution in [0, 0.1) is 5.92 Å². The van der Waals surface area contributed by atoms with E-state index in [2.05, 4.69) is 15.6 Å². The van der Waals surface area contributed by atoms with Crippen LogP contribution in [0.25, 0.3) is 21.6 Å². The number of ether oxygens (including phenoxy) is 3. The number of allylic oxidation sites excluding steroid dienone is 1. The first-order valence-corrected chi connectivity index (χ1v) is 17.7. The van der Waals surface area contributed by atoms with Crippen molar-refractivity contribution in [3.05, 3.63) is 54.1 Å². The summed E-state index contributed by atoms with van der Waals surface area (Å²) in [6, 6.07) is 7.45. The lowest BCUT2D eigenvalue weighted by atomic mass is 10.0. The lowest BCUT2D eigenvalue weighted by Crippen LogP contribution is -2.56. The average molecular weight is 690 g/mol. The van der Waals surface area contributed by atoms with E-state index in [0.717, 1.165) is 29.5 Å². The van der Waals surface area contributed by atoms with Crippen LogP contribution < -0.4 is 15.4 Å². The molecule has 0 bridgehead atoms. The number of esters is 1. The number of carbonyl (C=O) groups excluding carboxylic acids is 4. The lowest BCUT2D eigenvalue weighted by Gasteiger charge is -2.30. The highest BCUT2D eigenvalue weighted by atomic mass is 32.1. The van der Waals surface area contributed by atoms with Crippen molar-refractivity contribution in [1.29, 1.82) is 0 Å². The van der Waals surface area contributed by atoms with Crippen LogP contribution >= 0.6 is 11.3 Å². The lowest BCUT2D eigenvalue weighted by molar-refractivity contribution is -0.148. The van der Waals surface area contributed by atoms with Gasteiger partial charge in [0.05, 0.1) is 35.3 Å². The zero-order valence-electron chi connectivity index (χ0n) is 28.3. The maximum absolute atomic E-state index is 14.4. The molecule has 0 unspecified atom stereocenters. The molecule has 6 rings (SSSR count). The van der Waals surface area contributed by atoms with Gasteiger partial charge >= 0.3 is 12.1 Å². The number of methoxy groups -OCH3 is 1. The zero-order valence-corrected chi connectivity index (χ0v) is 29.1. The SMILES string of the molecule is COC(=O)[C@@]12C[C@H]1/C=C\CCCCC[C@H](NC(=O)OC(C)(C)C)C(=O)N1C[C@H](Oc3cc(-c4ccccn4)nc4ccsc34)C[C@H]1C(=O)N2. The van der Waals surface area contributed by atoms with E-state index in [9.17, 15) is 19.2 Å². The van der Waals surface area contributed by atoms with E-state index in [-0.39, 0.29) is 18.9 Å². The maximum Gasteiger partial charge on any atom is 0.408 e. The number of amides is 3.